The normalized spacial score (nSPS) is 11.7. The number of hydrogen-bond donors (Lipinski definition) is 0. The standard InChI is InChI=1S/C18H16F2N2O4S2/c1-21(28(24,25)18-5-3-9-27-18)12-17(23)22(11-14-4-2-8-26-14)16-7-6-13(19)10-15(16)20/h2-10H,11-12H2,1H3. The van der Waals surface area contributed by atoms with Gasteiger partial charge in [0.25, 0.3) is 10.0 Å². The minimum Gasteiger partial charge on any atom is -0.467 e. The Morgan fingerprint density at radius 3 is 2.57 bits per heavy atom. The number of likely N-dealkylation sites (N-methyl/N-ethyl adjacent to an activating group) is 1. The molecule has 0 aliphatic heterocycles. The van der Waals surface area contributed by atoms with Crippen LogP contribution in [0.1, 0.15) is 5.76 Å². The van der Waals surface area contributed by atoms with E-state index in [1.807, 2.05) is 0 Å². The molecular formula is C18H16F2N2O4S2. The highest BCUT2D eigenvalue weighted by Crippen LogP contribution is 2.24. The molecule has 0 atom stereocenters. The number of benzene rings is 1. The van der Waals surface area contributed by atoms with E-state index in [9.17, 15) is 22.0 Å². The van der Waals surface area contributed by atoms with Gasteiger partial charge in [-0.3, -0.25) is 4.79 Å². The largest absolute Gasteiger partial charge is 0.467 e. The fourth-order valence-electron chi connectivity index (χ4n) is 2.49. The van der Waals surface area contributed by atoms with Crippen LogP contribution in [-0.2, 0) is 21.4 Å². The lowest BCUT2D eigenvalue weighted by atomic mass is 10.2. The van der Waals surface area contributed by atoms with Gasteiger partial charge in [0.05, 0.1) is 25.0 Å². The van der Waals surface area contributed by atoms with Crippen LogP contribution in [0.4, 0.5) is 14.5 Å². The summed E-state index contributed by atoms with van der Waals surface area (Å²) in [5, 5.41) is 1.61. The number of amides is 1. The van der Waals surface area contributed by atoms with Crippen LogP contribution < -0.4 is 4.90 Å². The molecule has 1 amide bonds. The maximum atomic E-state index is 14.3. The van der Waals surface area contributed by atoms with Crippen molar-refractivity contribution in [3.05, 3.63) is 71.5 Å². The fraction of sp³-hybridized carbons (Fsp3) is 0.167. The number of carbonyl (C=O) groups is 1. The van der Waals surface area contributed by atoms with Gasteiger partial charge in [0.2, 0.25) is 5.91 Å². The molecule has 3 aromatic rings. The SMILES string of the molecule is CN(CC(=O)N(Cc1ccco1)c1ccc(F)cc1F)S(=O)(=O)c1cccs1. The van der Waals surface area contributed by atoms with Crippen LogP contribution in [0.5, 0.6) is 0 Å². The van der Waals surface area contributed by atoms with Gasteiger partial charge in [-0.1, -0.05) is 6.07 Å². The average Bonchev–Trinajstić information content (AvgIpc) is 3.34. The number of carbonyl (C=O) groups excluding carboxylic acids is 1. The third-order valence-electron chi connectivity index (χ3n) is 3.91. The summed E-state index contributed by atoms with van der Waals surface area (Å²) in [5.41, 5.74) is -0.176. The van der Waals surface area contributed by atoms with Crippen molar-refractivity contribution in [1.29, 1.82) is 0 Å². The highest BCUT2D eigenvalue weighted by Gasteiger charge is 2.28. The summed E-state index contributed by atoms with van der Waals surface area (Å²) in [4.78, 5) is 13.9. The van der Waals surface area contributed by atoms with Crippen LogP contribution in [0, 0.1) is 11.6 Å². The van der Waals surface area contributed by atoms with Crippen LogP contribution in [0.3, 0.4) is 0 Å². The van der Waals surface area contributed by atoms with Gasteiger partial charge in [-0.2, -0.15) is 4.31 Å². The fourth-order valence-corrected chi connectivity index (χ4v) is 4.81. The summed E-state index contributed by atoms with van der Waals surface area (Å²) in [5.74, 6) is -2.06. The first kappa shape index (κ1) is 20.2. The molecule has 0 aliphatic carbocycles. The quantitative estimate of drug-likeness (QED) is 0.580. The molecular weight excluding hydrogens is 410 g/mol. The Balaban J connectivity index is 1.88. The average molecular weight is 426 g/mol. The summed E-state index contributed by atoms with van der Waals surface area (Å²) in [6.45, 7) is -0.668. The lowest BCUT2D eigenvalue weighted by Gasteiger charge is -2.25. The second-order valence-electron chi connectivity index (χ2n) is 5.85. The number of sulfonamides is 1. The number of anilines is 1. The number of furan rings is 1. The van der Waals surface area contributed by atoms with E-state index >= 15 is 0 Å². The number of hydrogen-bond acceptors (Lipinski definition) is 5. The van der Waals surface area contributed by atoms with Gasteiger partial charge in [-0.25, -0.2) is 17.2 Å². The Hall–Kier alpha value is -2.56. The molecule has 0 unspecified atom stereocenters. The van der Waals surface area contributed by atoms with E-state index in [-0.39, 0.29) is 16.4 Å². The van der Waals surface area contributed by atoms with Crippen LogP contribution >= 0.6 is 11.3 Å². The van der Waals surface area contributed by atoms with Crippen molar-refractivity contribution in [2.75, 3.05) is 18.5 Å². The van der Waals surface area contributed by atoms with E-state index in [1.54, 1.807) is 23.6 Å². The van der Waals surface area contributed by atoms with Crippen molar-refractivity contribution in [3.63, 3.8) is 0 Å². The van der Waals surface area contributed by atoms with E-state index in [4.69, 9.17) is 4.42 Å². The lowest BCUT2D eigenvalue weighted by Crippen LogP contribution is -2.41. The molecule has 0 aliphatic rings. The Bertz CT molecular complexity index is 1050. The second-order valence-corrected chi connectivity index (χ2v) is 9.07. The number of rotatable bonds is 7. The first-order valence-corrected chi connectivity index (χ1v) is 10.4. The first-order chi connectivity index (χ1) is 13.3. The van der Waals surface area contributed by atoms with E-state index in [0.29, 0.717) is 11.8 Å². The van der Waals surface area contributed by atoms with Crippen molar-refractivity contribution >= 4 is 33.0 Å². The predicted molar refractivity (Wildman–Crippen MR) is 100 cm³/mol. The molecule has 6 nitrogen and oxygen atoms in total. The van der Waals surface area contributed by atoms with Gasteiger partial charge in [0.15, 0.2) is 0 Å². The molecule has 148 valence electrons. The van der Waals surface area contributed by atoms with Crippen LogP contribution in [-0.4, -0.2) is 32.2 Å². The molecule has 0 fully saturated rings. The Morgan fingerprint density at radius 2 is 1.96 bits per heavy atom. The zero-order valence-corrected chi connectivity index (χ0v) is 16.3. The highest BCUT2D eigenvalue weighted by molar-refractivity contribution is 7.91. The summed E-state index contributed by atoms with van der Waals surface area (Å²) in [7, 11) is -2.60. The molecule has 0 bridgehead atoms. The van der Waals surface area contributed by atoms with Crippen LogP contribution in [0.2, 0.25) is 0 Å². The van der Waals surface area contributed by atoms with Gasteiger partial charge in [0, 0.05) is 13.1 Å². The molecule has 1 aromatic carbocycles. The van der Waals surface area contributed by atoms with Gasteiger partial charge >= 0.3 is 0 Å². The Labute approximate surface area is 164 Å². The molecule has 0 radical (unpaired) electrons. The topological polar surface area (TPSA) is 70.8 Å². The summed E-state index contributed by atoms with van der Waals surface area (Å²) in [6, 6.07) is 9.02. The van der Waals surface area contributed by atoms with Gasteiger partial charge in [-0.15, -0.1) is 11.3 Å². The zero-order chi connectivity index (χ0) is 20.3. The Kier molecular flexibility index (Phi) is 5.92. The molecule has 2 aromatic heterocycles. The van der Waals surface area contributed by atoms with E-state index < -0.39 is 34.1 Å². The van der Waals surface area contributed by atoms with E-state index in [1.165, 1.54) is 19.4 Å². The van der Waals surface area contributed by atoms with Crippen molar-refractivity contribution < 1.29 is 26.4 Å². The molecule has 0 N–H and O–H groups in total. The van der Waals surface area contributed by atoms with Crippen molar-refractivity contribution in [1.82, 2.24) is 4.31 Å². The lowest BCUT2D eigenvalue weighted by molar-refractivity contribution is -0.118. The smallest absolute Gasteiger partial charge is 0.252 e. The zero-order valence-electron chi connectivity index (χ0n) is 14.7. The number of thiophene rings is 1. The van der Waals surface area contributed by atoms with E-state index in [0.717, 1.165) is 32.7 Å². The molecule has 0 spiro atoms. The van der Waals surface area contributed by atoms with Crippen molar-refractivity contribution in [2.24, 2.45) is 0 Å². The minimum atomic E-state index is -3.86. The molecule has 28 heavy (non-hydrogen) atoms. The Morgan fingerprint density at radius 1 is 1.18 bits per heavy atom. The number of nitrogens with zero attached hydrogens (tertiary/aromatic N) is 2. The van der Waals surface area contributed by atoms with Crippen molar-refractivity contribution in [2.45, 2.75) is 10.8 Å². The molecule has 2 heterocycles. The van der Waals surface area contributed by atoms with Gasteiger partial charge < -0.3 is 9.32 Å². The van der Waals surface area contributed by atoms with Crippen LogP contribution in [0.15, 0.2) is 62.7 Å². The first-order valence-electron chi connectivity index (χ1n) is 8.06. The predicted octanol–water partition coefficient (Wildman–Crippen LogP) is 3.47. The molecule has 0 saturated carbocycles. The van der Waals surface area contributed by atoms with Gasteiger partial charge in [0.1, 0.15) is 21.6 Å². The van der Waals surface area contributed by atoms with Crippen molar-refractivity contribution in [3.8, 4) is 0 Å². The molecule has 10 heteroatoms. The second kappa shape index (κ2) is 8.21. The summed E-state index contributed by atoms with van der Waals surface area (Å²) < 4.78 is 58.8. The maximum Gasteiger partial charge on any atom is 0.252 e. The van der Waals surface area contributed by atoms with Crippen LogP contribution in [0.25, 0.3) is 0 Å². The summed E-state index contributed by atoms with van der Waals surface area (Å²) in [6.07, 6.45) is 1.40. The third-order valence-corrected chi connectivity index (χ3v) is 7.09. The number of halogens is 2. The maximum absolute atomic E-state index is 14.3. The minimum absolute atomic E-state index is 0.0911. The third kappa shape index (κ3) is 4.29. The van der Waals surface area contributed by atoms with E-state index in [2.05, 4.69) is 0 Å². The molecule has 3 rings (SSSR count). The summed E-state index contributed by atoms with van der Waals surface area (Å²) >= 11 is 1.03. The molecule has 0 saturated heterocycles. The van der Waals surface area contributed by atoms with Gasteiger partial charge in [-0.05, 0) is 35.7 Å². The monoisotopic (exact) mass is 426 g/mol. The highest BCUT2D eigenvalue weighted by atomic mass is 32.2.